The summed E-state index contributed by atoms with van der Waals surface area (Å²) in [6, 6.07) is 20.6. The molecule has 1 N–H and O–H groups in total. The van der Waals surface area contributed by atoms with Crippen molar-refractivity contribution in [3.8, 4) is 17.2 Å². The number of nitrogens with zero attached hydrogens (tertiary/aromatic N) is 2. The number of aromatic amines is 1. The number of hydrogen-bond acceptors (Lipinski definition) is 5. The maximum atomic E-state index is 14.1. The maximum absolute atomic E-state index is 14.1. The fourth-order valence-corrected chi connectivity index (χ4v) is 6.13. The highest BCUT2D eigenvalue weighted by Gasteiger charge is 2.48. The fraction of sp³-hybridized carbons (Fsp3) is 0.312. The first kappa shape index (κ1) is 25.8. The lowest BCUT2D eigenvalue weighted by atomic mass is 9.86. The second kappa shape index (κ2) is 10.6. The number of fused-ring (bicyclic) bond motifs is 4. The van der Waals surface area contributed by atoms with Crippen molar-refractivity contribution < 1.29 is 23.8 Å². The summed E-state index contributed by atoms with van der Waals surface area (Å²) < 4.78 is 16.8. The van der Waals surface area contributed by atoms with Gasteiger partial charge in [-0.1, -0.05) is 42.5 Å². The lowest BCUT2D eigenvalue weighted by Crippen LogP contribution is -2.63. The van der Waals surface area contributed by atoms with E-state index in [0.29, 0.717) is 37.5 Å². The molecule has 0 spiro atoms. The van der Waals surface area contributed by atoms with Crippen LogP contribution in [0.3, 0.4) is 0 Å². The Labute approximate surface area is 233 Å². The summed E-state index contributed by atoms with van der Waals surface area (Å²) in [6.07, 6.45) is 1.06. The van der Waals surface area contributed by atoms with Crippen LogP contribution in [0, 0.1) is 0 Å². The van der Waals surface area contributed by atoms with Crippen molar-refractivity contribution in [2.75, 3.05) is 33.9 Å². The third kappa shape index (κ3) is 4.33. The van der Waals surface area contributed by atoms with Gasteiger partial charge in [0.15, 0.2) is 11.5 Å². The number of H-pyrrole nitrogens is 1. The highest BCUT2D eigenvalue weighted by atomic mass is 16.5. The predicted molar refractivity (Wildman–Crippen MR) is 152 cm³/mol. The molecule has 2 unspecified atom stereocenters. The van der Waals surface area contributed by atoms with E-state index in [4.69, 9.17) is 14.2 Å². The molecule has 8 nitrogen and oxygen atoms in total. The van der Waals surface area contributed by atoms with E-state index in [2.05, 4.69) is 11.1 Å². The second-order valence-corrected chi connectivity index (χ2v) is 10.2. The van der Waals surface area contributed by atoms with Gasteiger partial charge in [-0.2, -0.15) is 0 Å². The molecule has 2 amide bonds. The van der Waals surface area contributed by atoms with E-state index in [1.165, 1.54) is 0 Å². The number of carbonyl (C=O) groups is 2. The molecule has 1 aromatic heterocycles. The monoisotopic (exact) mass is 539 g/mol. The Morgan fingerprint density at radius 2 is 1.70 bits per heavy atom. The molecule has 4 aromatic rings. The van der Waals surface area contributed by atoms with Gasteiger partial charge in [0.2, 0.25) is 11.8 Å². The Morgan fingerprint density at radius 3 is 2.50 bits per heavy atom. The predicted octanol–water partition coefficient (Wildman–Crippen LogP) is 4.51. The van der Waals surface area contributed by atoms with Crippen LogP contribution in [-0.4, -0.2) is 66.6 Å². The summed E-state index contributed by atoms with van der Waals surface area (Å²) in [4.78, 5) is 35.0. The molecule has 206 valence electrons. The highest BCUT2D eigenvalue weighted by Crippen LogP contribution is 2.45. The van der Waals surface area contributed by atoms with E-state index < -0.39 is 12.1 Å². The third-order valence-corrected chi connectivity index (χ3v) is 7.97. The number of amides is 2. The SMILES string of the molecule is CCOc1ccccc1C1c2[nH]c3ccccc3c2CC2C(=O)N(CCc3ccc(OC)c(OC)c3)CC(=O)N21. The van der Waals surface area contributed by atoms with Gasteiger partial charge in [0.25, 0.3) is 0 Å². The number of rotatable bonds is 8. The Kier molecular flexibility index (Phi) is 6.84. The second-order valence-electron chi connectivity index (χ2n) is 10.2. The minimum Gasteiger partial charge on any atom is -0.494 e. The van der Waals surface area contributed by atoms with Gasteiger partial charge in [-0.05, 0) is 48.7 Å². The molecule has 0 radical (unpaired) electrons. The van der Waals surface area contributed by atoms with Crippen LogP contribution < -0.4 is 14.2 Å². The molecular weight excluding hydrogens is 506 g/mol. The van der Waals surface area contributed by atoms with Gasteiger partial charge in [0, 0.05) is 35.1 Å². The number of ether oxygens (including phenoxy) is 3. The zero-order valence-corrected chi connectivity index (χ0v) is 23.0. The van der Waals surface area contributed by atoms with E-state index in [1.807, 2.05) is 67.6 Å². The molecule has 1 fully saturated rings. The average molecular weight is 540 g/mol. The molecule has 2 aliphatic heterocycles. The summed E-state index contributed by atoms with van der Waals surface area (Å²) >= 11 is 0. The summed E-state index contributed by atoms with van der Waals surface area (Å²) in [5.74, 6) is 1.91. The molecule has 2 atom stereocenters. The first-order chi connectivity index (χ1) is 19.5. The molecule has 0 saturated carbocycles. The molecule has 1 saturated heterocycles. The molecule has 0 bridgehead atoms. The van der Waals surface area contributed by atoms with Crippen molar-refractivity contribution in [3.05, 3.63) is 89.1 Å². The highest BCUT2D eigenvalue weighted by molar-refractivity contribution is 5.97. The summed E-state index contributed by atoms with van der Waals surface area (Å²) in [6.45, 7) is 2.92. The molecule has 40 heavy (non-hydrogen) atoms. The molecule has 6 rings (SSSR count). The van der Waals surface area contributed by atoms with Gasteiger partial charge in [0.05, 0.1) is 27.4 Å². The normalized spacial score (nSPS) is 18.5. The quantitative estimate of drug-likeness (QED) is 0.356. The molecule has 0 aliphatic carbocycles. The standard InChI is InChI=1S/C32H33N3O5/c1-4-40-26-12-8-6-10-22(26)31-30-23(21-9-5-7-11-24(21)33-30)18-25-32(37)34(19-29(36)35(25)31)16-15-20-13-14-27(38-2)28(17-20)39-3/h5-14,17,25,31,33H,4,15-16,18-19H2,1-3H3. The Morgan fingerprint density at radius 1 is 0.925 bits per heavy atom. The molecule has 8 heteroatoms. The van der Waals surface area contributed by atoms with Gasteiger partial charge in [-0.3, -0.25) is 9.59 Å². The number of piperazine rings is 1. The lowest BCUT2D eigenvalue weighted by Gasteiger charge is -2.47. The number of methoxy groups -OCH3 is 2. The van der Waals surface area contributed by atoms with Crippen LogP contribution in [0.25, 0.3) is 10.9 Å². The van der Waals surface area contributed by atoms with Crippen LogP contribution in [0.15, 0.2) is 66.7 Å². The van der Waals surface area contributed by atoms with Crippen LogP contribution in [0.4, 0.5) is 0 Å². The Hall–Kier alpha value is -4.46. The van der Waals surface area contributed by atoms with Gasteiger partial charge < -0.3 is 29.0 Å². The Bertz CT molecular complexity index is 1580. The topological polar surface area (TPSA) is 84.1 Å². The summed E-state index contributed by atoms with van der Waals surface area (Å²) in [5.41, 5.74) is 4.91. The van der Waals surface area contributed by atoms with Crippen molar-refractivity contribution in [1.82, 2.24) is 14.8 Å². The first-order valence-electron chi connectivity index (χ1n) is 13.7. The molecule has 2 aliphatic rings. The van der Waals surface area contributed by atoms with Crippen molar-refractivity contribution in [2.24, 2.45) is 0 Å². The number of aromatic nitrogens is 1. The van der Waals surface area contributed by atoms with Crippen molar-refractivity contribution in [1.29, 1.82) is 0 Å². The first-order valence-corrected chi connectivity index (χ1v) is 13.7. The Balaban J connectivity index is 1.36. The van der Waals surface area contributed by atoms with Crippen LogP contribution >= 0.6 is 0 Å². The maximum Gasteiger partial charge on any atom is 0.246 e. The van der Waals surface area contributed by atoms with E-state index in [-0.39, 0.29) is 18.4 Å². The van der Waals surface area contributed by atoms with Crippen molar-refractivity contribution >= 4 is 22.7 Å². The zero-order valence-electron chi connectivity index (χ0n) is 23.0. The van der Waals surface area contributed by atoms with Crippen molar-refractivity contribution in [3.63, 3.8) is 0 Å². The minimum atomic E-state index is -0.599. The summed E-state index contributed by atoms with van der Waals surface area (Å²) in [5, 5.41) is 1.08. The lowest BCUT2D eigenvalue weighted by molar-refractivity contribution is -0.158. The van der Waals surface area contributed by atoms with E-state index in [1.54, 1.807) is 24.0 Å². The third-order valence-electron chi connectivity index (χ3n) is 7.97. The molecular formula is C32H33N3O5. The minimum absolute atomic E-state index is 0.0325. The number of nitrogens with one attached hydrogen (secondary N) is 1. The largest absolute Gasteiger partial charge is 0.494 e. The van der Waals surface area contributed by atoms with Crippen LogP contribution in [-0.2, 0) is 22.4 Å². The summed E-state index contributed by atoms with van der Waals surface area (Å²) in [7, 11) is 3.20. The number of hydrogen-bond donors (Lipinski definition) is 1. The van der Waals surface area contributed by atoms with Gasteiger partial charge in [-0.15, -0.1) is 0 Å². The van der Waals surface area contributed by atoms with Crippen LogP contribution in [0.1, 0.15) is 35.3 Å². The number of benzene rings is 3. The van der Waals surface area contributed by atoms with E-state index in [9.17, 15) is 9.59 Å². The van der Waals surface area contributed by atoms with Gasteiger partial charge in [0.1, 0.15) is 17.8 Å². The van der Waals surface area contributed by atoms with E-state index >= 15 is 0 Å². The van der Waals surface area contributed by atoms with E-state index in [0.717, 1.165) is 39.0 Å². The number of para-hydroxylation sites is 2. The van der Waals surface area contributed by atoms with Gasteiger partial charge in [-0.25, -0.2) is 0 Å². The van der Waals surface area contributed by atoms with Crippen LogP contribution in [0.5, 0.6) is 17.2 Å². The smallest absolute Gasteiger partial charge is 0.246 e. The molecule has 3 aromatic carbocycles. The zero-order chi connectivity index (χ0) is 27.8. The molecule has 3 heterocycles. The average Bonchev–Trinajstić information content (AvgIpc) is 3.36. The van der Waals surface area contributed by atoms with Gasteiger partial charge >= 0.3 is 0 Å². The number of carbonyl (C=O) groups excluding carboxylic acids is 2. The van der Waals surface area contributed by atoms with Crippen LogP contribution in [0.2, 0.25) is 0 Å². The van der Waals surface area contributed by atoms with Crippen molar-refractivity contribution in [2.45, 2.75) is 31.8 Å². The fourth-order valence-electron chi connectivity index (χ4n) is 6.13.